The zero-order valence-electron chi connectivity index (χ0n) is 13.8. The minimum absolute atomic E-state index is 0.256. The summed E-state index contributed by atoms with van der Waals surface area (Å²) in [6, 6.07) is 16.6. The summed E-state index contributed by atoms with van der Waals surface area (Å²) in [7, 11) is 0. The van der Waals surface area contributed by atoms with Gasteiger partial charge in [-0.05, 0) is 42.3 Å². The number of rotatable bonds is 5. The fourth-order valence-corrected chi connectivity index (χ4v) is 2.45. The first-order valence-electron chi connectivity index (χ1n) is 8.05. The van der Waals surface area contributed by atoms with Gasteiger partial charge < -0.3 is 9.72 Å². The van der Waals surface area contributed by atoms with Crippen LogP contribution in [0.25, 0.3) is 22.6 Å². The normalized spacial score (nSPS) is 11.3. The molecule has 0 spiro atoms. The van der Waals surface area contributed by atoms with Crippen molar-refractivity contribution < 1.29 is 4.74 Å². The number of aromatic amines is 1. The summed E-state index contributed by atoms with van der Waals surface area (Å²) in [6.07, 6.45) is 2.61. The van der Waals surface area contributed by atoms with Gasteiger partial charge in [-0.15, -0.1) is 0 Å². The van der Waals surface area contributed by atoms with E-state index in [9.17, 15) is 10.1 Å². The van der Waals surface area contributed by atoms with E-state index in [-0.39, 0.29) is 17.0 Å². The van der Waals surface area contributed by atoms with Crippen molar-refractivity contribution in [1.29, 1.82) is 5.26 Å². The number of nitrogens with zero attached hydrogens (tertiary/aromatic N) is 2. The van der Waals surface area contributed by atoms with Crippen LogP contribution in [0.4, 0.5) is 0 Å². The molecule has 2 aromatic carbocycles. The van der Waals surface area contributed by atoms with Gasteiger partial charge in [-0.1, -0.05) is 31.2 Å². The average Bonchev–Trinajstić information content (AvgIpc) is 2.64. The molecule has 0 amide bonds. The highest BCUT2D eigenvalue weighted by Crippen LogP contribution is 2.19. The Morgan fingerprint density at radius 2 is 2.12 bits per heavy atom. The molecule has 0 fully saturated rings. The van der Waals surface area contributed by atoms with E-state index in [1.807, 2.05) is 37.3 Å². The Bertz CT molecular complexity index is 1030. The predicted molar refractivity (Wildman–Crippen MR) is 98.1 cm³/mol. The van der Waals surface area contributed by atoms with Crippen molar-refractivity contribution in [3.63, 3.8) is 0 Å². The Kier molecular flexibility index (Phi) is 4.91. The Labute approximate surface area is 145 Å². The maximum absolute atomic E-state index is 12.2. The highest BCUT2D eigenvalue weighted by atomic mass is 16.5. The third-order valence-electron chi connectivity index (χ3n) is 3.63. The fraction of sp³-hybridized carbons (Fsp3) is 0.150. The quantitative estimate of drug-likeness (QED) is 0.722. The van der Waals surface area contributed by atoms with E-state index in [1.54, 1.807) is 24.3 Å². The molecule has 5 heteroatoms. The van der Waals surface area contributed by atoms with Gasteiger partial charge in [0.2, 0.25) is 0 Å². The van der Waals surface area contributed by atoms with Crippen LogP contribution >= 0.6 is 0 Å². The van der Waals surface area contributed by atoms with Gasteiger partial charge in [0, 0.05) is 0 Å². The summed E-state index contributed by atoms with van der Waals surface area (Å²) in [4.78, 5) is 19.3. The molecule has 25 heavy (non-hydrogen) atoms. The smallest absolute Gasteiger partial charge is 0.259 e. The van der Waals surface area contributed by atoms with Crippen molar-refractivity contribution in [1.82, 2.24) is 9.97 Å². The largest absolute Gasteiger partial charge is 0.494 e. The Balaban J connectivity index is 2.02. The average molecular weight is 331 g/mol. The van der Waals surface area contributed by atoms with Gasteiger partial charge in [-0.25, -0.2) is 4.98 Å². The fourth-order valence-electron chi connectivity index (χ4n) is 2.45. The Morgan fingerprint density at radius 1 is 1.28 bits per heavy atom. The maximum Gasteiger partial charge on any atom is 0.259 e. The summed E-state index contributed by atoms with van der Waals surface area (Å²) in [5.74, 6) is 0.999. The zero-order chi connectivity index (χ0) is 17.6. The molecule has 1 heterocycles. The summed E-state index contributed by atoms with van der Waals surface area (Å²) in [6.45, 7) is 2.68. The van der Waals surface area contributed by atoms with E-state index < -0.39 is 0 Å². The molecule has 0 aliphatic rings. The molecule has 5 nitrogen and oxygen atoms in total. The first-order chi connectivity index (χ1) is 12.2. The maximum atomic E-state index is 12.2. The van der Waals surface area contributed by atoms with E-state index in [1.165, 1.54) is 0 Å². The number of aromatic nitrogens is 2. The molecule has 0 saturated heterocycles. The lowest BCUT2D eigenvalue weighted by molar-refractivity contribution is 0.317. The number of hydrogen-bond donors (Lipinski definition) is 1. The van der Waals surface area contributed by atoms with Crippen LogP contribution in [-0.2, 0) is 0 Å². The molecule has 0 aliphatic heterocycles. The second-order valence-electron chi connectivity index (χ2n) is 5.52. The highest BCUT2D eigenvalue weighted by molar-refractivity contribution is 5.89. The first kappa shape index (κ1) is 16.5. The minimum Gasteiger partial charge on any atom is -0.494 e. The van der Waals surface area contributed by atoms with Gasteiger partial charge in [-0.3, -0.25) is 4.79 Å². The van der Waals surface area contributed by atoms with Crippen LogP contribution in [0.2, 0.25) is 0 Å². The van der Waals surface area contributed by atoms with Gasteiger partial charge in [0.15, 0.2) is 5.82 Å². The Hall–Kier alpha value is -3.39. The van der Waals surface area contributed by atoms with Crippen molar-refractivity contribution in [2.24, 2.45) is 0 Å². The number of benzene rings is 2. The van der Waals surface area contributed by atoms with Crippen LogP contribution < -0.4 is 10.3 Å². The van der Waals surface area contributed by atoms with E-state index in [0.29, 0.717) is 17.5 Å². The molecule has 0 unspecified atom stereocenters. The molecular formula is C20H17N3O2. The third kappa shape index (κ3) is 3.75. The van der Waals surface area contributed by atoms with Gasteiger partial charge in [0.25, 0.3) is 5.56 Å². The second kappa shape index (κ2) is 7.45. The van der Waals surface area contributed by atoms with Gasteiger partial charge in [0.1, 0.15) is 11.8 Å². The molecule has 0 atom stereocenters. The van der Waals surface area contributed by atoms with Crippen molar-refractivity contribution >= 4 is 22.6 Å². The molecule has 1 N–H and O–H groups in total. The lowest BCUT2D eigenvalue weighted by Gasteiger charge is -2.05. The standard InChI is InChI=1S/C20H17N3O2/c1-2-10-25-16-7-5-6-14(12-16)11-15(13-21)19-22-18-9-4-3-8-17(18)20(24)23-19/h3-9,11-12H,2,10H2,1H3,(H,22,23,24)/b15-11-. The Morgan fingerprint density at radius 3 is 2.92 bits per heavy atom. The van der Waals surface area contributed by atoms with Crippen molar-refractivity contribution in [2.45, 2.75) is 13.3 Å². The number of fused-ring (bicyclic) bond motifs is 1. The number of nitrogens with one attached hydrogen (secondary N) is 1. The van der Waals surface area contributed by atoms with Crippen LogP contribution in [0.15, 0.2) is 53.3 Å². The third-order valence-corrected chi connectivity index (χ3v) is 3.63. The van der Waals surface area contributed by atoms with E-state index in [0.717, 1.165) is 17.7 Å². The number of allylic oxidation sites excluding steroid dienone is 1. The molecule has 124 valence electrons. The molecule has 0 bridgehead atoms. The summed E-state index contributed by atoms with van der Waals surface area (Å²) in [5, 5.41) is 10.0. The number of ether oxygens (including phenoxy) is 1. The van der Waals surface area contributed by atoms with Crippen LogP contribution in [-0.4, -0.2) is 16.6 Å². The monoisotopic (exact) mass is 331 g/mol. The minimum atomic E-state index is -0.262. The second-order valence-corrected chi connectivity index (χ2v) is 5.52. The van der Waals surface area contributed by atoms with Crippen molar-refractivity contribution in [2.75, 3.05) is 6.61 Å². The SMILES string of the molecule is CCCOc1cccc(/C=C(/C#N)c2nc3ccccc3c(=O)[nH]2)c1. The summed E-state index contributed by atoms with van der Waals surface area (Å²) in [5.41, 5.74) is 1.39. The first-order valence-corrected chi connectivity index (χ1v) is 8.05. The number of hydrogen-bond acceptors (Lipinski definition) is 4. The van der Waals surface area contributed by atoms with Gasteiger partial charge in [0.05, 0.1) is 23.1 Å². The van der Waals surface area contributed by atoms with Crippen LogP contribution in [0.3, 0.4) is 0 Å². The highest BCUT2D eigenvalue weighted by Gasteiger charge is 2.08. The number of H-pyrrole nitrogens is 1. The van der Waals surface area contributed by atoms with Crippen LogP contribution in [0.5, 0.6) is 5.75 Å². The molecule has 0 aliphatic carbocycles. The molecule has 3 aromatic rings. The number of para-hydroxylation sites is 1. The van der Waals surface area contributed by atoms with E-state index in [2.05, 4.69) is 16.0 Å². The van der Waals surface area contributed by atoms with Crippen LogP contribution in [0.1, 0.15) is 24.7 Å². The molecule has 0 radical (unpaired) electrons. The van der Waals surface area contributed by atoms with Gasteiger partial charge in [-0.2, -0.15) is 5.26 Å². The van der Waals surface area contributed by atoms with Crippen molar-refractivity contribution in [3.8, 4) is 11.8 Å². The van der Waals surface area contributed by atoms with E-state index in [4.69, 9.17) is 4.74 Å². The molecular weight excluding hydrogens is 314 g/mol. The van der Waals surface area contributed by atoms with Crippen molar-refractivity contribution in [3.05, 3.63) is 70.3 Å². The lowest BCUT2D eigenvalue weighted by Crippen LogP contribution is -2.11. The number of nitriles is 1. The molecule has 1 aromatic heterocycles. The lowest BCUT2D eigenvalue weighted by atomic mass is 10.1. The summed E-state index contributed by atoms with van der Waals surface area (Å²) < 4.78 is 5.61. The van der Waals surface area contributed by atoms with Crippen LogP contribution in [0, 0.1) is 11.3 Å². The molecule has 3 rings (SSSR count). The zero-order valence-corrected chi connectivity index (χ0v) is 13.8. The van der Waals surface area contributed by atoms with Gasteiger partial charge >= 0.3 is 0 Å². The summed E-state index contributed by atoms with van der Waals surface area (Å²) >= 11 is 0. The molecule has 0 saturated carbocycles. The topological polar surface area (TPSA) is 78.8 Å². The van der Waals surface area contributed by atoms with E-state index >= 15 is 0 Å². The predicted octanol–water partition coefficient (Wildman–Crippen LogP) is 3.78.